The lowest BCUT2D eigenvalue weighted by Gasteiger charge is -2.32. The van der Waals surface area contributed by atoms with Crippen molar-refractivity contribution in [2.75, 3.05) is 6.61 Å². The number of hydrogen-bond acceptors (Lipinski definition) is 9. The van der Waals surface area contributed by atoms with Gasteiger partial charge in [-0.05, 0) is 69.1 Å². The van der Waals surface area contributed by atoms with E-state index in [1.807, 2.05) is 45.5 Å². The van der Waals surface area contributed by atoms with Crippen LogP contribution >= 0.6 is 0 Å². The molecule has 3 heterocycles. The number of hydroxylamine groups is 1. The number of rotatable bonds is 11. The Labute approximate surface area is 262 Å². The van der Waals surface area contributed by atoms with Gasteiger partial charge < -0.3 is 14.9 Å². The summed E-state index contributed by atoms with van der Waals surface area (Å²) < 4.78 is 9.72. The van der Waals surface area contributed by atoms with Crippen LogP contribution in [0.4, 0.5) is 0 Å². The molecule has 0 spiro atoms. The fourth-order valence-electron chi connectivity index (χ4n) is 6.32. The van der Waals surface area contributed by atoms with Crippen molar-refractivity contribution in [2.45, 2.75) is 96.3 Å². The molecule has 11 nitrogen and oxygen atoms in total. The lowest BCUT2D eigenvalue weighted by atomic mass is 9.92. The van der Waals surface area contributed by atoms with Gasteiger partial charge in [-0.2, -0.15) is 10.1 Å². The van der Waals surface area contributed by atoms with Crippen LogP contribution in [0.5, 0.6) is 0 Å². The Kier molecular flexibility index (Phi) is 9.14. The molecule has 45 heavy (non-hydrogen) atoms. The number of aromatic nitrogens is 4. The number of aliphatic imine (C=N–C) groups is 1. The maximum atomic E-state index is 14.4. The Bertz CT molecular complexity index is 1710. The highest BCUT2D eigenvalue weighted by Crippen LogP contribution is 2.32. The average molecular weight is 615 g/mol. The minimum absolute atomic E-state index is 0.000706. The summed E-state index contributed by atoms with van der Waals surface area (Å²) in [5.41, 5.74) is 7.29. The van der Waals surface area contributed by atoms with Gasteiger partial charge in [0.15, 0.2) is 5.84 Å². The van der Waals surface area contributed by atoms with Gasteiger partial charge in [0.1, 0.15) is 6.33 Å². The second kappa shape index (κ2) is 13.2. The fourth-order valence-corrected chi connectivity index (χ4v) is 6.32. The van der Waals surface area contributed by atoms with E-state index >= 15 is 0 Å². The Morgan fingerprint density at radius 2 is 1.80 bits per heavy atom. The summed E-state index contributed by atoms with van der Waals surface area (Å²) in [6, 6.07) is 16.0. The number of benzene rings is 2. The molecule has 1 aliphatic heterocycles. The molecular formula is C34H42N6O5. The maximum absolute atomic E-state index is 14.4. The van der Waals surface area contributed by atoms with Crippen molar-refractivity contribution in [1.82, 2.24) is 24.6 Å². The molecular weight excluding hydrogens is 572 g/mol. The zero-order chi connectivity index (χ0) is 31.6. The van der Waals surface area contributed by atoms with Gasteiger partial charge in [0.05, 0.1) is 24.0 Å². The van der Waals surface area contributed by atoms with Crippen LogP contribution in [0.25, 0.3) is 16.9 Å². The van der Waals surface area contributed by atoms with Crippen LogP contribution < -0.4 is 11.0 Å². The summed E-state index contributed by atoms with van der Waals surface area (Å²) in [5.74, 6) is 1.07. The molecule has 2 aliphatic rings. The van der Waals surface area contributed by atoms with Crippen molar-refractivity contribution in [3.05, 3.63) is 87.6 Å². The third-order valence-electron chi connectivity index (χ3n) is 8.60. The van der Waals surface area contributed by atoms with Crippen molar-refractivity contribution < 1.29 is 19.8 Å². The van der Waals surface area contributed by atoms with E-state index in [1.165, 1.54) is 0 Å². The maximum Gasteiger partial charge on any atom is 0.280 e. The molecule has 1 atom stereocenters. The first-order valence-corrected chi connectivity index (χ1v) is 15.9. The van der Waals surface area contributed by atoms with Crippen molar-refractivity contribution in [3.63, 3.8) is 0 Å². The first-order chi connectivity index (χ1) is 21.7. The predicted octanol–water partition coefficient (Wildman–Crippen LogP) is 4.32. The first-order valence-electron chi connectivity index (χ1n) is 15.9. The number of amidine groups is 1. The van der Waals surface area contributed by atoms with Crippen LogP contribution in [0.1, 0.15) is 87.7 Å². The highest BCUT2D eigenvalue weighted by molar-refractivity contribution is 6.04. The molecule has 3 N–H and O–H groups in total. The smallest absolute Gasteiger partial charge is 0.280 e. The molecule has 1 fully saturated rings. The largest absolute Gasteiger partial charge is 0.388 e. The normalized spacial score (nSPS) is 20.4. The highest BCUT2D eigenvalue weighted by atomic mass is 16.7. The molecule has 0 amide bonds. The van der Waals surface area contributed by atoms with E-state index < -0.39 is 12.0 Å². The molecule has 2 aromatic carbocycles. The number of unbranched alkanes of at least 4 members (excludes halogenated alkanes) is 1. The van der Waals surface area contributed by atoms with Gasteiger partial charge in [-0.3, -0.25) is 9.36 Å². The Morgan fingerprint density at radius 1 is 1.07 bits per heavy atom. The van der Waals surface area contributed by atoms with Crippen molar-refractivity contribution in [3.8, 4) is 11.1 Å². The standard InChI is InChI=1S/C34H42N6O5/c1-4-5-10-29-28(19-22-11-13-23(14-12-22)26-8-6-7-9-27(26)30-37-33(42)45-38-30)31(41)39(32-35-21-36-40(29)32)24-15-17-25(18-16-24)44-20-34(2,3)43/h6-9,11-14,21,24-25,33,42-43H,4-5,10,15-20H2,1-3H3,(H,37,38). The number of aliphatic hydroxyl groups excluding tert-OH is 1. The monoisotopic (exact) mass is 614 g/mol. The van der Waals surface area contributed by atoms with E-state index in [1.54, 1.807) is 20.2 Å². The van der Waals surface area contributed by atoms with E-state index in [9.17, 15) is 15.0 Å². The van der Waals surface area contributed by atoms with E-state index in [2.05, 4.69) is 39.6 Å². The summed E-state index contributed by atoms with van der Waals surface area (Å²) in [4.78, 5) is 28.1. The summed E-state index contributed by atoms with van der Waals surface area (Å²) in [5, 5.41) is 24.4. The number of fused-ring (bicyclic) bond motifs is 1. The molecule has 1 aliphatic carbocycles. The van der Waals surface area contributed by atoms with Gasteiger partial charge in [0, 0.05) is 23.6 Å². The molecule has 4 aromatic rings. The molecule has 1 saturated carbocycles. The number of hydrogen-bond donors (Lipinski definition) is 3. The van der Waals surface area contributed by atoms with E-state index in [-0.39, 0.29) is 17.7 Å². The van der Waals surface area contributed by atoms with Gasteiger partial charge in [-0.1, -0.05) is 61.9 Å². The van der Waals surface area contributed by atoms with Crippen LogP contribution in [0, 0.1) is 0 Å². The van der Waals surface area contributed by atoms with Gasteiger partial charge in [-0.15, -0.1) is 0 Å². The van der Waals surface area contributed by atoms with Crippen molar-refractivity contribution >= 4 is 11.6 Å². The molecule has 238 valence electrons. The van der Waals surface area contributed by atoms with E-state index in [0.29, 0.717) is 24.6 Å². The lowest BCUT2D eigenvalue weighted by Crippen LogP contribution is -2.36. The minimum atomic E-state index is -1.23. The summed E-state index contributed by atoms with van der Waals surface area (Å²) >= 11 is 0. The van der Waals surface area contributed by atoms with E-state index in [4.69, 9.17) is 9.57 Å². The number of nitrogens with zero attached hydrogens (tertiary/aromatic N) is 5. The van der Waals surface area contributed by atoms with Gasteiger partial charge in [0.2, 0.25) is 5.78 Å². The molecule has 0 bridgehead atoms. The summed E-state index contributed by atoms with van der Waals surface area (Å²) in [6.45, 7) is 5.94. The first kappa shape index (κ1) is 31.1. The number of aryl methyl sites for hydroxylation is 1. The lowest BCUT2D eigenvalue weighted by molar-refractivity contribution is -0.102. The van der Waals surface area contributed by atoms with Crippen LogP contribution in [0.2, 0.25) is 0 Å². The van der Waals surface area contributed by atoms with Crippen LogP contribution in [-0.4, -0.2) is 59.9 Å². The average Bonchev–Trinajstić information content (AvgIpc) is 3.70. The molecule has 0 radical (unpaired) electrons. The second-order valence-electron chi connectivity index (χ2n) is 12.7. The molecule has 0 saturated heterocycles. The highest BCUT2D eigenvalue weighted by Gasteiger charge is 2.29. The van der Waals surface area contributed by atoms with Crippen LogP contribution in [0.15, 0.2) is 64.6 Å². The number of nitrogens with one attached hydrogen (secondary N) is 1. The molecule has 6 rings (SSSR count). The molecule has 11 heteroatoms. The van der Waals surface area contributed by atoms with Crippen LogP contribution in [-0.2, 0) is 22.4 Å². The topological polar surface area (TPSA) is 136 Å². The second-order valence-corrected chi connectivity index (χ2v) is 12.7. The predicted molar refractivity (Wildman–Crippen MR) is 171 cm³/mol. The van der Waals surface area contributed by atoms with Crippen molar-refractivity contribution in [2.24, 2.45) is 4.99 Å². The zero-order valence-corrected chi connectivity index (χ0v) is 26.1. The van der Waals surface area contributed by atoms with E-state index in [0.717, 1.165) is 78.5 Å². The SMILES string of the molecule is CCCCc1c(Cc2ccc(-c3ccccc3C3=NC(O)ON3)cc2)c(=O)n(C2CCC(OCC(C)(C)O)CC2)c2ncnn12. The molecule has 1 unspecified atom stereocenters. The zero-order valence-electron chi connectivity index (χ0n) is 26.1. The van der Waals surface area contributed by atoms with Crippen LogP contribution in [0.3, 0.4) is 0 Å². The Morgan fingerprint density at radius 3 is 2.47 bits per heavy atom. The quantitative estimate of drug-likeness (QED) is 0.227. The van der Waals surface area contributed by atoms with Gasteiger partial charge >= 0.3 is 0 Å². The fraction of sp³-hybridized carbons (Fsp3) is 0.471. The minimum Gasteiger partial charge on any atom is -0.388 e. The Balaban J connectivity index is 1.30. The molecule has 2 aromatic heterocycles. The van der Waals surface area contributed by atoms with Crippen molar-refractivity contribution in [1.29, 1.82) is 0 Å². The Hall–Kier alpha value is -3.90. The number of aliphatic hydroxyl groups is 2. The third-order valence-corrected chi connectivity index (χ3v) is 8.60. The summed E-state index contributed by atoms with van der Waals surface area (Å²) in [6.07, 6.45) is 6.78. The third kappa shape index (κ3) is 6.86. The van der Waals surface area contributed by atoms with Gasteiger partial charge in [0.25, 0.3) is 12.0 Å². The number of ether oxygens (including phenoxy) is 1. The summed E-state index contributed by atoms with van der Waals surface area (Å²) in [7, 11) is 0. The van der Waals surface area contributed by atoms with Gasteiger partial charge in [-0.25, -0.2) is 19.8 Å².